The monoisotopic (exact) mass is 253 g/mol. The molecule has 3 nitrogen and oxygen atoms in total. The molecule has 2 rings (SSSR count). The van der Waals surface area contributed by atoms with E-state index >= 15 is 0 Å². The number of hydrogen-bond acceptors (Lipinski definition) is 3. The van der Waals surface area contributed by atoms with Crippen molar-refractivity contribution in [3.8, 4) is 0 Å². The van der Waals surface area contributed by atoms with E-state index in [0.29, 0.717) is 0 Å². The zero-order chi connectivity index (χ0) is 13.0. The molecule has 18 heavy (non-hydrogen) atoms. The Labute approximate surface area is 113 Å². The lowest BCUT2D eigenvalue weighted by atomic mass is 9.79. The molecule has 0 spiro atoms. The van der Waals surface area contributed by atoms with Crippen LogP contribution in [0, 0.1) is 5.92 Å². The van der Waals surface area contributed by atoms with Crippen LogP contribution in [0.3, 0.4) is 0 Å². The maximum atomic E-state index is 3.57. The van der Waals surface area contributed by atoms with Gasteiger partial charge in [-0.05, 0) is 39.3 Å². The Morgan fingerprint density at radius 3 is 2.44 bits per heavy atom. The molecule has 0 bridgehead atoms. The van der Waals surface area contributed by atoms with E-state index in [1.165, 1.54) is 58.3 Å². The van der Waals surface area contributed by atoms with Gasteiger partial charge in [0.05, 0.1) is 0 Å². The van der Waals surface area contributed by atoms with Gasteiger partial charge in [0.15, 0.2) is 0 Å². The number of nitrogens with one attached hydrogen (secondary N) is 1. The summed E-state index contributed by atoms with van der Waals surface area (Å²) in [6.07, 6.45) is 7.01. The summed E-state index contributed by atoms with van der Waals surface area (Å²) in [4.78, 5) is 5.21. The second-order valence-corrected chi connectivity index (χ2v) is 6.27. The molecule has 2 aliphatic rings. The van der Waals surface area contributed by atoms with Crippen LogP contribution in [0.4, 0.5) is 0 Å². The summed E-state index contributed by atoms with van der Waals surface area (Å²) in [6, 6.07) is 1.51. The van der Waals surface area contributed by atoms with E-state index in [1.54, 1.807) is 0 Å². The molecule has 3 atom stereocenters. The summed E-state index contributed by atoms with van der Waals surface area (Å²) in [7, 11) is 4.39. The van der Waals surface area contributed by atoms with E-state index < -0.39 is 0 Å². The number of likely N-dealkylation sites (N-methyl/N-ethyl adjacent to an activating group) is 2. The Bertz CT molecular complexity index is 236. The third kappa shape index (κ3) is 3.46. The van der Waals surface area contributed by atoms with Gasteiger partial charge in [0.25, 0.3) is 0 Å². The highest BCUT2D eigenvalue weighted by molar-refractivity contribution is 4.92. The molecular weight excluding hydrogens is 222 g/mol. The lowest BCUT2D eigenvalue weighted by molar-refractivity contribution is 0.0561. The maximum absolute atomic E-state index is 3.57. The van der Waals surface area contributed by atoms with Crippen molar-refractivity contribution in [3.05, 3.63) is 0 Å². The van der Waals surface area contributed by atoms with E-state index in [0.717, 1.165) is 18.0 Å². The van der Waals surface area contributed by atoms with Gasteiger partial charge < -0.3 is 10.2 Å². The van der Waals surface area contributed by atoms with Crippen LogP contribution in [0.15, 0.2) is 0 Å². The molecule has 1 saturated heterocycles. The molecule has 2 fully saturated rings. The van der Waals surface area contributed by atoms with Gasteiger partial charge >= 0.3 is 0 Å². The highest BCUT2D eigenvalue weighted by Crippen LogP contribution is 2.31. The molecular formula is C15H31N3. The Kier molecular flexibility index (Phi) is 5.46. The predicted octanol–water partition coefficient (Wildman–Crippen LogP) is 1.79. The first-order chi connectivity index (χ1) is 8.74. The average molecular weight is 253 g/mol. The molecule has 1 aliphatic heterocycles. The normalized spacial score (nSPS) is 35.8. The molecule has 0 aromatic heterocycles. The van der Waals surface area contributed by atoms with Crippen LogP contribution in [-0.4, -0.2) is 62.2 Å². The second-order valence-electron chi connectivity index (χ2n) is 6.27. The third-order valence-electron chi connectivity index (χ3n) is 5.00. The summed E-state index contributed by atoms with van der Waals surface area (Å²) in [5.41, 5.74) is 0. The first-order valence-electron chi connectivity index (χ1n) is 7.84. The fraction of sp³-hybridized carbons (Fsp3) is 1.00. The standard InChI is InChI=1S/C15H31N3/c1-4-5-13-6-7-14(16-2)15(12-13)18-10-8-17(3)9-11-18/h13-16H,4-12H2,1-3H3. The van der Waals surface area contributed by atoms with Crippen LogP contribution in [0.1, 0.15) is 39.0 Å². The highest BCUT2D eigenvalue weighted by Gasteiger charge is 2.34. The topological polar surface area (TPSA) is 18.5 Å². The highest BCUT2D eigenvalue weighted by atomic mass is 15.3. The van der Waals surface area contributed by atoms with Gasteiger partial charge in [0.1, 0.15) is 0 Å². The molecule has 0 amide bonds. The van der Waals surface area contributed by atoms with Gasteiger partial charge in [-0.15, -0.1) is 0 Å². The lowest BCUT2D eigenvalue weighted by Gasteiger charge is -2.45. The van der Waals surface area contributed by atoms with Crippen LogP contribution in [-0.2, 0) is 0 Å². The minimum atomic E-state index is 0.724. The van der Waals surface area contributed by atoms with Gasteiger partial charge in [-0.2, -0.15) is 0 Å². The molecule has 1 N–H and O–H groups in total. The quantitative estimate of drug-likeness (QED) is 0.824. The van der Waals surface area contributed by atoms with Gasteiger partial charge in [-0.25, -0.2) is 0 Å². The smallest absolute Gasteiger partial charge is 0.0252 e. The van der Waals surface area contributed by atoms with E-state index in [4.69, 9.17) is 0 Å². The van der Waals surface area contributed by atoms with Crippen LogP contribution >= 0.6 is 0 Å². The van der Waals surface area contributed by atoms with Crippen LogP contribution in [0.5, 0.6) is 0 Å². The summed E-state index contributed by atoms with van der Waals surface area (Å²) >= 11 is 0. The van der Waals surface area contributed by atoms with Crippen molar-refractivity contribution in [2.45, 2.75) is 51.1 Å². The molecule has 106 valence electrons. The molecule has 1 saturated carbocycles. The van der Waals surface area contributed by atoms with Gasteiger partial charge in [0, 0.05) is 38.3 Å². The van der Waals surface area contributed by atoms with E-state index in [2.05, 4.69) is 36.1 Å². The van der Waals surface area contributed by atoms with E-state index in [9.17, 15) is 0 Å². The van der Waals surface area contributed by atoms with Crippen molar-refractivity contribution in [2.75, 3.05) is 40.3 Å². The summed E-state index contributed by atoms with van der Waals surface area (Å²) in [5.74, 6) is 0.976. The van der Waals surface area contributed by atoms with Crippen LogP contribution < -0.4 is 5.32 Å². The number of rotatable bonds is 4. The maximum Gasteiger partial charge on any atom is 0.0252 e. The average Bonchev–Trinajstić information content (AvgIpc) is 2.40. The van der Waals surface area contributed by atoms with Gasteiger partial charge in [-0.1, -0.05) is 19.8 Å². The molecule has 1 heterocycles. The second kappa shape index (κ2) is 6.88. The van der Waals surface area contributed by atoms with Crippen molar-refractivity contribution in [1.29, 1.82) is 0 Å². The Morgan fingerprint density at radius 2 is 1.83 bits per heavy atom. The summed E-state index contributed by atoms with van der Waals surface area (Å²) in [5, 5.41) is 3.57. The largest absolute Gasteiger partial charge is 0.315 e. The molecule has 0 aromatic rings. The first kappa shape index (κ1) is 14.3. The number of nitrogens with zero attached hydrogens (tertiary/aromatic N) is 2. The summed E-state index contributed by atoms with van der Waals surface area (Å²) < 4.78 is 0. The number of hydrogen-bond donors (Lipinski definition) is 1. The SMILES string of the molecule is CCCC1CCC(NC)C(N2CCN(C)CC2)C1. The van der Waals surface area contributed by atoms with Crippen molar-refractivity contribution in [1.82, 2.24) is 15.1 Å². The molecule has 3 heteroatoms. The lowest BCUT2D eigenvalue weighted by Crippen LogP contribution is -2.57. The zero-order valence-electron chi connectivity index (χ0n) is 12.5. The van der Waals surface area contributed by atoms with Crippen molar-refractivity contribution >= 4 is 0 Å². The van der Waals surface area contributed by atoms with Gasteiger partial charge in [-0.3, -0.25) is 4.90 Å². The summed E-state index contributed by atoms with van der Waals surface area (Å²) in [6.45, 7) is 7.34. The van der Waals surface area contributed by atoms with Crippen molar-refractivity contribution < 1.29 is 0 Å². The van der Waals surface area contributed by atoms with Crippen molar-refractivity contribution in [2.24, 2.45) is 5.92 Å². The third-order valence-corrected chi connectivity index (χ3v) is 5.00. The fourth-order valence-electron chi connectivity index (χ4n) is 3.80. The molecule has 0 aromatic carbocycles. The van der Waals surface area contributed by atoms with Crippen molar-refractivity contribution in [3.63, 3.8) is 0 Å². The number of piperazine rings is 1. The predicted molar refractivity (Wildman–Crippen MR) is 78.0 cm³/mol. The molecule has 0 radical (unpaired) electrons. The molecule has 3 unspecified atom stereocenters. The minimum absolute atomic E-state index is 0.724. The fourth-order valence-corrected chi connectivity index (χ4v) is 3.80. The zero-order valence-corrected chi connectivity index (χ0v) is 12.5. The Balaban J connectivity index is 1.93. The Hall–Kier alpha value is -0.120. The minimum Gasteiger partial charge on any atom is -0.315 e. The van der Waals surface area contributed by atoms with Crippen LogP contribution in [0.25, 0.3) is 0 Å². The molecule has 1 aliphatic carbocycles. The Morgan fingerprint density at radius 1 is 1.11 bits per heavy atom. The first-order valence-corrected chi connectivity index (χ1v) is 7.84. The van der Waals surface area contributed by atoms with Gasteiger partial charge in [0.2, 0.25) is 0 Å². The van der Waals surface area contributed by atoms with E-state index in [1.807, 2.05) is 0 Å². The van der Waals surface area contributed by atoms with Crippen LogP contribution in [0.2, 0.25) is 0 Å². The van der Waals surface area contributed by atoms with E-state index in [-0.39, 0.29) is 0 Å².